The summed E-state index contributed by atoms with van der Waals surface area (Å²) in [6.45, 7) is 5.68. The summed E-state index contributed by atoms with van der Waals surface area (Å²) in [6, 6.07) is 4.89. The highest BCUT2D eigenvalue weighted by atomic mass is 19.1. The molecule has 1 saturated heterocycles. The maximum Gasteiger partial charge on any atom is 0.306 e. The summed E-state index contributed by atoms with van der Waals surface area (Å²) in [6.07, 6.45) is 1.29. The molecule has 24 heavy (non-hydrogen) atoms. The monoisotopic (exact) mass is 332 g/mol. The zero-order valence-electron chi connectivity index (χ0n) is 13.9. The van der Waals surface area contributed by atoms with Crippen LogP contribution in [0.1, 0.15) is 29.9 Å². The number of oxazole rings is 1. The molecular formula is C18H21FN2O3. The molecular weight excluding hydrogens is 311 g/mol. The lowest BCUT2D eigenvalue weighted by atomic mass is 9.97. The van der Waals surface area contributed by atoms with Crippen molar-refractivity contribution >= 4 is 5.97 Å². The second-order valence-electron chi connectivity index (χ2n) is 6.34. The van der Waals surface area contributed by atoms with E-state index in [1.54, 1.807) is 6.07 Å². The highest BCUT2D eigenvalue weighted by Gasteiger charge is 2.26. The maximum absolute atomic E-state index is 14.1. The number of halogens is 1. The minimum absolute atomic E-state index is 0.253. The van der Waals surface area contributed by atoms with Crippen molar-refractivity contribution in [2.45, 2.75) is 33.2 Å². The third-order valence-electron chi connectivity index (χ3n) is 4.64. The van der Waals surface area contributed by atoms with Gasteiger partial charge in [0, 0.05) is 6.54 Å². The predicted octanol–water partition coefficient (Wildman–Crippen LogP) is 3.39. The number of carbonyl (C=O) groups is 1. The summed E-state index contributed by atoms with van der Waals surface area (Å²) in [4.78, 5) is 17.7. The van der Waals surface area contributed by atoms with Gasteiger partial charge in [0.15, 0.2) is 0 Å². The zero-order chi connectivity index (χ0) is 17.3. The number of nitrogens with zero attached hydrogens (tertiary/aromatic N) is 2. The van der Waals surface area contributed by atoms with Crippen LogP contribution in [-0.2, 0) is 11.3 Å². The second-order valence-corrected chi connectivity index (χ2v) is 6.34. The summed E-state index contributed by atoms with van der Waals surface area (Å²) >= 11 is 0. The minimum atomic E-state index is -0.718. The quantitative estimate of drug-likeness (QED) is 0.929. The van der Waals surface area contributed by atoms with Gasteiger partial charge in [-0.2, -0.15) is 0 Å². The molecule has 1 aromatic heterocycles. The number of likely N-dealkylation sites (tertiary alicyclic amines) is 1. The Labute approximate surface area is 140 Å². The van der Waals surface area contributed by atoms with Crippen molar-refractivity contribution in [1.82, 2.24) is 9.88 Å². The Hall–Kier alpha value is -2.21. The van der Waals surface area contributed by atoms with E-state index < -0.39 is 5.97 Å². The van der Waals surface area contributed by atoms with Crippen molar-refractivity contribution in [2.75, 3.05) is 13.1 Å². The molecule has 0 atom stereocenters. The Morgan fingerprint density at radius 1 is 1.38 bits per heavy atom. The van der Waals surface area contributed by atoms with E-state index in [-0.39, 0.29) is 11.7 Å². The third-order valence-corrected chi connectivity index (χ3v) is 4.64. The van der Waals surface area contributed by atoms with Crippen molar-refractivity contribution in [1.29, 1.82) is 0 Å². The van der Waals surface area contributed by atoms with E-state index in [1.807, 2.05) is 19.9 Å². The molecule has 1 aromatic carbocycles. The summed E-state index contributed by atoms with van der Waals surface area (Å²) in [5.74, 6) is -0.336. The van der Waals surface area contributed by atoms with Crippen molar-refractivity contribution in [3.8, 4) is 11.5 Å². The number of carboxylic acids is 1. The van der Waals surface area contributed by atoms with Crippen molar-refractivity contribution in [2.24, 2.45) is 5.92 Å². The largest absolute Gasteiger partial charge is 0.481 e. The van der Waals surface area contributed by atoms with Gasteiger partial charge >= 0.3 is 5.97 Å². The van der Waals surface area contributed by atoms with Gasteiger partial charge < -0.3 is 9.52 Å². The molecule has 128 valence electrons. The van der Waals surface area contributed by atoms with Crippen LogP contribution < -0.4 is 0 Å². The first-order valence-electron chi connectivity index (χ1n) is 8.12. The van der Waals surface area contributed by atoms with Gasteiger partial charge in [0.05, 0.1) is 17.2 Å². The van der Waals surface area contributed by atoms with E-state index in [0.29, 0.717) is 36.6 Å². The lowest BCUT2D eigenvalue weighted by Crippen LogP contribution is -2.36. The molecule has 1 aliphatic heterocycles. The van der Waals surface area contributed by atoms with Crippen LogP contribution in [0.3, 0.4) is 0 Å². The van der Waals surface area contributed by atoms with Crippen LogP contribution in [0.25, 0.3) is 11.5 Å². The van der Waals surface area contributed by atoms with E-state index in [2.05, 4.69) is 9.88 Å². The van der Waals surface area contributed by atoms with Gasteiger partial charge in [0.1, 0.15) is 11.6 Å². The Balaban J connectivity index is 1.75. The molecule has 0 bridgehead atoms. The van der Waals surface area contributed by atoms with Gasteiger partial charge in [-0.05, 0) is 51.4 Å². The number of rotatable bonds is 4. The fraction of sp³-hybridized carbons (Fsp3) is 0.444. The average molecular weight is 332 g/mol. The molecule has 0 radical (unpaired) electrons. The molecule has 0 unspecified atom stereocenters. The smallest absolute Gasteiger partial charge is 0.306 e. The molecule has 1 aliphatic rings. The lowest BCUT2D eigenvalue weighted by molar-refractivity contribution is -0.143. The zero-order valence-corrected chi connectivity index (χ0v) is 13.9. The van der Waals surface area contributed by atoms with Crippen LogP contribution in [-0.4, -0.2) is 34.0 Å². The van der Waals surface area contributed by atoms with Crippen LogP contribution >= 0.6 is 0 Å². The lowest BCUT2D eigenvalue weighted by Gasteiger charge is -2.29. The number of hydrogen-bond acceptors (Lipinski definition) is 4. The van der Waals surface area contributed by atoms with Gasteiger partial charge in [-0.3, -0.25) is 9.69 Å². The first-order chi connectivity index (χ1) is 11.5. The Morgan fingerprint density at radius 2 is 2.08 bits per heavy atom. The SMILES string of the molecule is Cc1cccc(F)c1-c1nc(CN2CCC(C(=O)O)CC2)c(C)o1. The number of benzene rings is 1. The molecule has 0 spiro atoms. The molecule has 2 heterocycles. The maximum atomic E-state index is 14.1. The molecule has 6 heteroatoms. The van der Waals surface area contributed by atoms with Gasteiger partial charge in [-0.15, -0.1) is 0 Å². The summed E-state index contributed by atoms with van der Waals surface area (Å²) in [7, 11) is 0. The summed E-state index contributed by atoms with van der Waals surface area (Å²) in [5.41, 5.74) is 1.96. The highest BCUT2D eigenvalue weighted by molar-refractivity contribution is 5.70. The van der Waals surface area contributed by atoms with Crippen LogP contribution in [0.15, 0.2) is 22.6 Å². The first kappa shape index (κ1) is 16.6. The average Bonchev–Trinajstić information content (AvgIpc) is 2.88. The third kappa shape index (κ3) is 3.33. The molecule has 0 saturated carbocycles. The van der Waals surface area contributed by atoms with Crippen molar-refractivity contribution in [3.05, 3.63) is 41.0 Å². The minimum Gasteiger partial charge on any atom is -0.481 e. The molecule has 1 N–H and O–H groups in total. The topological polar surface area (TPSA) is 66.6 Å². The Bertz CT molecular complexity index is 728. The molecule has 3 rings (SSSR count). The fourth-order valence-electron chi connectivity index (χ4n) is 3.13. The number of aromatic nitrogens is 1. The van der Waals surface area contributed by atoms with Crippen LogP contribution in [0.4, 0.5) is 4.39 Å². The van der Waals surface area contributed by atoms with Crippen LogP contribution in [0.2, 0.25) is 0 Å². The van der Waals surface area contributed by atoms with E-state index in [4.69, 9.17) is 9.52 Å². The van der Waals surface area contributed by atoms with E-state index in [0.717, 1.165) is 24.3 Å². The summed E-state index contributed by atoms with van der Waals surface area (Å²) < 4.78 is 19.8. The van der Waals surface area contributed by atoms with E-state index in [9.17, 15) is 9.18 Å². The molecule has 0 aliphatic carbocycles. The number of aryl methyl sites for hydroxylation is 2. The molecule has 0 amide bonds. The number of aliphatic carboxylic acids is 1. The Kier molecular flexibility index (Phi) is 4.66. The number of hydrogen-bond donors (Lipinski definition) is 1. The van der Waals surface area contributed by atoms with E-state index >= 15 is 0 Å². The van der Waals surface area contributed by atoms with Gasteiger partial charge in [-0.25, -0.2) is 9.37 Å². The van der Waals surface area contributed by atoms with Crippen molar-refractivity contribution in [3.63, 3.8) is 0 Å². The Morgan fingerprint density at radius 3 is 2.71 bits per heavy atom. The number of piperidine rings is 1. The molecule has 5 nitrogen and oxygen atoms in total. The predicted molar refractivity (Wildman–Crippen MR) is 87.0 cm³/mol. The van der Waals surface area contributed by atoms with Gasteiger partial charge in [0.2, 0.25) is 5.89 Å². The normalized spacial score (nSPS) is 16.5. The van der Waals surface area contributed by atoms with Crippen molar-refractivity contribution < 1.29 is 18.7 Å². The van der Waals surface area contributed by atoms with Crippen LogP contribution in [0, 0.1) is 25.6 Å². The van der Waals surface area contributed by atoms with E-state index in [1.165, 1.54) is 6.07 Å². The standard InChI is InChI=1S/C18H21FN2O3/c1-11-4-3-5-14(19)16(11)17-20-15(12(2)24-17)10-21-8-6-13(7-9-21)18(22)23/h3-5,13H,6-10H2,1-2H3,(H,22,23). The van der Waals surface area contributed by atoms with Gasteiger partial charge in [-0.1, -0.05) is 12.1 Å². The number of carboxylic acid groups (broad SMARTS) is 1. The van der Waals surface area contributed by atoms with Gasteiger partial charge in [0.25, 0.3) is 0 Å². The molecule has 1 fully saturated rings. The van der Waals surface area contributed by atoms with Crippen LogP contribution in [0.5, 0.6) is 0 Å². The second kappa shape index (κ2) is 6.73. The fourth-order valence-corrected chi connectivity index (χ4v) is 3.13. The first-order valence-corrected chi connectivity index (χ1v) is 8.12. The summed E-state index contributed by atoms with van der Waals surface area (Å²) in [5, 5.41) is 9.06. The molecule has 2 aromatic rings. The highest BCUT2D eigenvalue weighted by Crippen LogP contribution is 2.28.